The van der Waals surface area contributed by atoms with Crippen molar-refractivity contribution < 1.29 is 4.79 Å². The summed E-state index contributed by atoms with van der Waals surface area (Å²) >= 11 is 0. The zero-order valence-corrected chi connectivity index (χ0v) is 18.6. The van der Waals surface area contributed by atoms with Crippen LogP contribution in [0, 0.1) is 6.92 Å². The summed E-state index contributed by atoms with van der Waals surface area (Å²) in [5.74, 6) is 0.156. The van der Waals surface area contributed by atoms with Crippen molar-refractivity contribution in [2.24, 2.45) is 0 Å². The van der Waals surface area contributed by atoms with E-state index in [-0.39, 0.29) is 11.8 Å². The molecule has 0 fully saturated rings. The Bertz CT molecular complexity index is 929. The molecule has 0 unspecified atom stereocenters. The van der Waals surface area contributed by atoms with E-state index < -0.39 is 0 Å². The van der Waals surface area contributed by atoms with Crippen LogP contribution < -0.4 is 0 Å². The Morgan fingerprint density at radius 1 is 1.00 bits per heavy atom. The van der Waals surface area contributed by atoms with Crippen molar-refractivity contribution in [3.05, 3.63) is 95.3 Å². The summed E-state index contributed by atoms with van der Waals surface area (Å²) < 4.78 is 2.27. The molecule has 0 bridgehead atoms. The molecule has 3 aromatic rings. The van der Waals surface area contributed by atoms with Crippen LogP contribution in [0.4, 0.5) is 0 Å². The maximum absolute atomic E-state index is 13.5. The van der Waals surface area contributed by atoms with E-state index >= 15 is 0 Å². The Morgan fingerprint density at radius 3 is 2.50 bits per heavy atom. The third kappa shape index (κ3) is 5.63. The van der Waals surface area contributed by atoms with Gasteiger partial charge in [0.15, 0.2) is 0 Å². The molecule has 0 aliphatic heterocycles. The van der Waals surface area contributed by atoms with Crippen molar-refractivity contribution in [2.45, 2.75) is 59.0 Å². The van der Waals surface area contributed by atoms with E-state index in [9.17, 15) is 4.79 Å². The van der Waals surface area contributed by atoms with Crippen molar-refractivity contribution in [1.82, 2.24) is 9.47 Å². The second-order valence-corrected chi connectivity index (χ2v) is 8.10. The average Bonchev–Trinajstić information content (AvgIpc) is 3.18. The van der Waals surface area contributed by atoms with Gasteiger partial charge in [0.1, 0.15) is 0 Å². The normalized spacial score (nSPS) is 12.0. The Hall–Kier alpha value is -2.81. The quantitative estimate of drug-likeness (QED) is 0.398. The molecule has 30 heavy (non-hydrogen) atoms. The maximum Gasteiger partial charge on any atom is 0.230 e. The lowest BCUT2D eigenvalue weighted by Gasteiger charge is -2.28. The van der Waals surface area contributed by atoms with Crippen LogP contribution >= 0.6 is 0 Å². The Morgan fingerprint density at radius 2 is 1.80 bits per heavy atom. The standard InChI is InChI=1S/C27H34N2O/c1-4-6-17-29(27(30)26(5-2)24-14-8-7-9-15-24)21-25-16-11-18-28(25)20-23-13-10-12-22(3)19-23/h7-16,18-19,26H,4-6,17,20-21H2,1-3H3/t26-/m1/s1. The minimum atomic E-state index is -0.0803. The SMILES string of the molecule is CCCCN(Cc1cccn1Cc1cccc(C)c1)C(=O)[C@H](CC)c1ccccc1. The highest BCUT2D eigenvalue weighted by atomic mass is 16.2. The van der Waals surface area contributed by atoms with Crippen molar-refractivity contribution in [2.75, 3.05) is 6.54 Å². The Balaban J connectivity index is 1.80. The minimum Gasteiger partial charge on any atom is -0.345 e. The molecule has 0 N–H and O–H groups in total. The van der Waals surface area contributed by atoms with E-state index in [0.29, 0.717) is 6.54 Å². The summed E-state index contributed by atoms with van der Waals surface area (Å²) in [6, 6.07) is 23.1. The highest BCUT2D eigenvalue weighted by molar-refractivity contribution is 5.83. The second kappa shape index (κ2) is 10.8. The molecular formula is C27H34N2O. The first-order valence-electron chi connectivity index (χ1n) is 11.2. The van der Waals surface area contributed by atoms with Gasteiger partial charge in [0, 0.05) is 25.0 Å². The molecule has 3 rings (SSSR count). The molecule has 0 radical (unpaired) electrons. The van der Waals surface area contributed by atoms with Crippen LogP contribution in [0.5, 0.6) is 0 Å². The number of carbonyl (C=O) groups excluding carboxylic acids is 1. The lowest BCUT2D eigenvalue weighted by Crippen LogP contribution is -2.36. The van der Waals surface area contributed by atoms with E-state index in [2.05, 4.69) is 85.0 Å². The van der Waals surface area contributed by atoms with Gasteiger partial charge < -0.3 is 9.47 Å². The number of hydrogen-bond acceptors (Lipinski definition) is 1. The van der Waals surface area contributed by atoms with E-state index in [0.717, 1.165) is 37.9 Å². The monoisotopic (exact) mass is 402 g/mol. The van der Waals surface area contributed by atoms with Crippen molar-refractivity contribution in [1.29, 1.82) is 0 Å². The second-order valence-electron chi connectivity index (χ2n) is 8.10. The summed E-state index contributed by atoms with van der Waals surface area (Å²) in [6.45, 7) is 8.69. The maximum atomic E-state index is 13.5. The summed E-state index contributed by atoms with van der Waals surface area (Å²) in [5, 5.41) is 0. The van der Waals surface area contributed by atoms with E-state index in [1.807, 2.05) is 18.2 Å². The smallest absolute Gasteiger partial charge is 0.230 e. The van der Waals surface area contributed by atoms with Gasteiger partial charge in [-0.25, -0.2) is 0 Å². The number of nitrogens with zero attached hydrogens (tertiary/aromatic N) is 2. The van der Waals surface area contributed by atoms with Crippen LogP contribution in [0.3, 0.4) is 0 Å². The third-order valence-electron chi connectivity index (χ3n) is 5.71. The lowest BCUT2D eigenvalue weighted by molar-refractivity contribution is -0.133. The highest BCUT2D eigenvalue weighted by Crippen LogP contribution is 2.24. The fourth-order valence-corrected chi connectivity index (χ4v) is 4.02. The van der Waals surface area contributed by atoms with Gasteiger partial charge in [-0.1, -0.05) is 80.4 Å². The summed E-state index contributed by atoms with van der Waals surface area (Å²) in [5.41, 5.74) is 4.86. The largest absolute Gasteiger partial charge is 0.345 e. The molecule has 1 amide bonds. The van der Waals surface area contributed by atoms with Crippen molar-refractivity contribution in [3.63, 3.8) is 0 Å². The number of amides is 1. The number of carbonyl (C=O) groups is 1. The molecular weight excluding hydrogens is 368 g/mol. The minimum absolute atomic E-state index is 0.0803. The molecule has 0 aliphatic rings. The lowest BCUT2D eigenvalue weighted by atomic mass is 9.95. The highest BCUT2D eigenvalue weighted by Gasteiger charge is 2.25. The van der Waals surface area contributed by atoms with E-state index in [4.69, 9.17) is 0 Å². The third-order valence-corrected chi connectivity index (χ3v) is 5.71. The molecule has 1 aromatic heterocycles. The molecule has 1 heterocycles. The molecule has 3 heteroatoms. The fourth-order valence-electron chi connectivity index (χ4n) is 4.02. The Labute approximate surface area is 181 Å². The number of hydrogen-bond donors (Lipinski definition) is 0. The summed E-state index contributed by atoms with van der Waals surface area (Å²) in [7, 11) is 0. The topological polar surface area (TPSA) is 25.2 Å². The number of aryl methyl sites for hydroxylation is 1. The number of aromatic nitrogens is 1. The van der Waals surface area contributed by atoms with E-state index in [1.54, 1.807) is 0 Å². The number of unbranched alkanes of at least 4 members (excludes halogenated alkanes) is 1. The number of rotatable bonds is 10. The van der Waals surface area contributed by atoms with Crippen LogP contribution in [0.2, 0.25) is 0 Å². The van der Waals surface area contributed by atoms with Gasteiger partial charge in [0.05, 0.1) is 12.5 Å². The molecule has 0 aliphatic carbocycles. The summed E-state index contributed by atoms with van der Waals surface area (Å²) in [4.78, 5) is 15.6. The first-order valence-corrected chi connectivity index (χ1v) is 11.2. The molecule has 0 saturated carbocycles. The van der Waals surface area contributed by atoms with Gasteiger partial charge in [-0.3, -0.25) is 4.79 Å². The van der Waals surface area contributed by atoms with Crippen LogP contribution in [0.15, 0.2) is 72.9 Å². The predicted octanol–water partition coefficient (Wildman–Crippen LogP) is 6.17. The number of benzene rings is 2. The van der Waals surface area contributed by atoms with Gasteiger partial charge in [-0.2, -0.15) is 0 Å². The van der Waals surface area contributed by atoms with Gasteiger partial charge in [-0.15, -0.1) is 0 Å². The van der Waals surface area contributed by atoms with Gasteiger partial charge in [-0.05, 0) is 43.0 Å². The molecule has 2 aromatic carbocycles. The average molecular weight is 403 g/mol. The summed E-state index contributed by atoms with van der Waals surface area (Å²) in [6.07, 6.45) is 5.04. The van der Waals surface area contributed by atoms with Crippen LogP contribution in [0.25, 0.3) is 0 Å². The van der Waals surface area contributed by atoms with E-state index in [1.165, 1.54) is 16.8 Å². The van der Waals surface area contributed by atoms with Gasteiger partial charge in [0.2, 0.25) is 5.91 Å². The molecule has 158 valence electrons. The molecule has 0 saturated heterocycles. The van der Waals surface area contributed by atoms with Crippen LogP contribution in [-0.2, 0) is 17.9 Å². The zero-order valence-electron chi connectivity index (χ0n) is 18.6. The first-order chi connectivity index (χ1) is 14.6. The first kappa shape index (κ1) is 21.9. The zero-order chi connectivity index (χ0) is 21.3. The fraction of sp³-hybridized carbons (Fsp3) is 0.370. The Kier molecular flexibility index (Phi) is 7.89. The van der Waals surface area contributed by atoms with Crippen molar-refractivity contribution >= 4 is 5.91 Å². The van der Waals surface area contributed by atoms with Crippen molar-refractivity contribution in [3.8, 4) is 0 Å². The predicted molar refractivity (Wildman–Crippen MR) is 125 cm³/mol. The van der Waals surface area contributed by atoms with Crippen LogP contribution in [-0.4, -0.2) is 21.9 Å². The van der Waals surface area contributed by atoms with Gasteiger partial charge >= 0.3 is 0 Å². The molecule has 3 nitrogen and oxygen atoms in total. The molecule has 0 spiro atoms. The molecule has 1 atom stereocenters. The van der Waals surface area contributed by atoms with Crippen LogP contribution in [0.1, 0.15) is 61.4 Å². The van der Waals surface area contributed by atoms with Gasteiger partial charge in [0.25, 0.3) is 0 Å².